The monoisotopic (exact) mass is 912 g/mol. The SMILES string of the molecule is CO[C@H]1C[C@@H]2CC[C@@H](C)[C@@](O)(O2)C(=O)C(=O)N2CCCC[C@H]2C(=O)O[C@H]([C@H](C)CC2CCC(=O)[C@H](OC)C2)CC(=O)[C@H](C)/C=C(\C)[C@@H](O)[C@@H](OC)C(=O)[C@H](C)C[C@H](C)/C=C/C=C/C=C/1C. The molecule has 3 heterocycles. The van der Waals surface area contributed by atoms with E-state index >= 15 is 0 Å². The van der Waals surface area contributed by atoms with Crippen molar-refractivity contribution in [2.45, 2.75) is 174 Å². The van der Waals surface area contributed by atoms with Crippen molar-refractivity contribution in [2.75, 3.05) is 27.9 Å². The minimum atomic E-state index is -2.43. The van der Waals surface area contributed by atoms with Gasteiger partial charge in [0.05, 0.1) is 12.2 Å². The van der Waals surface area contributed by atoms with Crippen molar-refractivity contribution in [3.8, 4) is 0 Å². The molecule has 2 saturated heterocycles. The maximum atomic E-state index is 14.3. The quantitative estimate of drug-likeness (QED) is 0.170. The summed E-state index contributed by atoms with van der Waals surface area (Å²) in [6.45, 7) is 12.7. The molecule has 4 rings (SSSR count). The van der Waals surface area contributed by atoms with Gasteiger partial charge in [0, 0.05) is 64.9 Å². The van der Waals surface area contributed by atoms with Crippen LogP contribution in [0.3, 0.4) is 0 Å². The van der Waals surface area contributed by atoms with Crippen LogP contribution in [-0.2, 0) is 52.5 Å². The van der Waals surface area contributed by atoms with Crippen LogP contribution in [0.5, 0.6) is 0 Å². The first-order valence-corrected chi connectivity index (χ1v) is 23.8. The Bertz CT molecular complexity index is 1800. The van der Waals surface area contributed by atoms with Gasteiger partial charge in [-0.05, 0) is 101 Å². The number of aliphatic hydroxyl groups is 2. The zero-order valence-corrected chi connectivity index (χ0v) is 40.5. The Morgan fingerprint density at radius 1 is 0.831 bits per heavy atom. The number of allylic oxidation sites excluding steroid dienone is 6. The van der Waals surface area contributed by atoms with Crippen LogP contribution < -0.4 is 0 Å². The molecular weight excluding hydrogens is 835 g/mol. The van der Waals surface area contributed by atoms with E-state index in [4.69, 9.17) is 23.7 Å². The number of esters is 1. The lowest BCUT2D eigenvalue weighted by Gasteiger charge is -2.42. The molecule has 65 heavy (non-hydrogen) atoms. The molecule has 2 N–H and O–H groups in total. The van der Waals surface area contributed by atoms with Crippen LogP contribution in [0.4, 0.5) is 0 Å². The van der Waals surface area contributed by atoms with Gasteiger partial charge in [-0.15, -0.1) is 0 Å². The van der Waals surface area contributed by atoms with Crippen LogP contribution in [-0.4, -0.2) is 126 Å². The highest BCUT2D eigenvalue weighted by Crippen LogP contribution is 2.37. The van der Waals surface area contributed by atoms with Crippen LogP contribution in [0.25, 0.3) is 0 Å². The summed E-state index contributed by atoms with van der Waals surface area (Å²) >= 11 is 0. The molecule has 4 aliphatic rings. The fourth-order valence-electron chi connectivity index (χ4n) is 9.95. The van der Waals surface area contributed by atoms with E-state index in [2.05, 4.69) is 0 Å². The number of carbonyl (C=O) groups is 6. The van der Waals surface area contributed by atoms with E-state index in [9.17, 15) is 39.0 Å². The number of aliphatic hydroxyl groups excluding tert-OH is 1. The molecule has 0 radical (unpaired) electrons. The average molecular weight is 912 g/mol. The molecule has 0 aromatic carbocycles. The average Bonchev–Trinajstić information content (AvgIpc) is 3.28. The van der Waals surface area contributed by atoms with E-state index in [-0.39, 0.29) is 54.5 Å². The fraction of sp³-hybridized carbons (Fsp3) is 0.725. The van der Waals surface area contributed by atoms with Crippen molar-refractivity contribution in [1.82, 2.24) is 4.90 Å². The van der Waals surface area contributed by atoms with Gasteiger partial charge in [0.25, 0.3) is 11.7 Å². The molecule has 1 amide bonds. The molecule has 0 aromatic heterocycles. The van der Waals surface area contributed by atoms with Gasteiger partial charge in [-0.2, -0.15) is 0 Å². The van der Waals surface area contributed by atoms with Gasteiger partial charge in [-0.3, -0.25) is 24.0 Å². The maximum absolute atomic E-state index is 14.3. The molecule has 1 unspecified atom stereocenters. The standard InChI is InChI=1S/C51H77NO13/c1-30-16-12-11-13-17-31(2)42(61-8)28-38-21-19-36(7)51(60,65-38)48(57)49(58)52-23-15-14-18-39(52)50(59)64-43(33(4)26-37-20-22-40(53)44(27-37)62-9)29-41(54)32(3)25-35(6)46(56)47(63-10)45(55)34(5)24-30/h11-13,16-17,25,30,32-34,36-39,42-44,46-47,56,60H,14-15,18-24,26-29H2,1-10H3/b13-11+,16-12+,31-17+,35-25+/t30-,32-,33-,34-,36-,37?,38+,39+,42+,43+,44-,46-,47+,51-/m1/s1. The Hall–Kier alpha value is -3.66. The Kier molecular flexibility index (Phi) is 20.7. The number of carbonyl (C=O) groups excluding carboxylic acids is 6. The molecule has 1 aliphatic carbocycles. The van der Waals surface area contributed by atoms with Crippen molar-refractivity contribution in [1.29, 1.82) is 0 Å². The van der Waals surface area contributed by atoms with Gasteiger partial charge in [0.2, 0.25) is 5.79 Å². The number of nitrogens with zero attached hydrogens (tertiary/aromatic N) is 1. The van der Waals surface area contributed by atoms with Gasteiger partial charge in [-0.25, -0.2) is 4.79 Å². The Morgan fingerprint density at radius 3 is 2.22 bits per heavy atom. The molecule has 0 spiro atoms. The lowest BCUT2D eigenvalue weighted by Crippen LogP contribution is -2.61. The molecule has 0 aromatic rings. The van der Waals surface area contributed by atoms with E-state index in [1.54, 1.807) is 34.0 Å². The van der Waals surface area contributed by atoms with Crippen molar-refractivity contribution in [3.63, 3.8) is 0 Å². The molecule has 2 bridgehead atoms. The Labute approximate surface area is 386 Å². The third kappa shape index (κ3) is 14.2. The predicted octanol–water partition coefficient (Wildman–Crippen LogP) is 6.39. The van der Waals surface area contributed by atoms with Crippen molar-refractivity contribution in [3.05, 3.63) is 47.6 Å². The van der Waals surface area contributed by atoms with E-state index < -0.39 is 83.9 Å². The molecule has 364 valence electrons. The number of amides is 1. The smallest absolute Gasteiger partial charge is 0.329 e. The lowest BCUT2D eigenvalue weighted by atomic mass is 9.79. The molecule has 3 fully saturated rings. The van der Waals surface area contributed by atoms with Gasteiger partial charge >= 0.3 is 5.97 Å². The van der Waals surface area contributed by atoms with Crippen LogP contribution >= 0.6 is 0 Å². The van der Waals surface area contributed by atoms with Crippen LogP contribution in [0.15, 0.2) is 47.6 Å². The van der Waals surface area contributed by atoms with Crippen LogP contribution in [0.1, 0.15) is 126 Å². The molecule has 3 aliphatic heterocycles. The van der Waals surface area contributed by atoms with E-state index in [1.165, 1.54) is 19.1 Å². The van der Waals surface area contributed by atoms with Gasteiger partial charge < -0.3 is 38.8 Å². The number of cyclic esters (lactones) is 1. The zero-order chi connectivity index (χ0) is 48.2. The summed E-state index contributed by atoms with van der Waals surface area (Å²) in [5.74, 6) is -8.09. The largest absolute Gasteiger partial charge is 0.460 e. The number of piperidine rings is 1. The minimum Gasteiger partial charge on any atom is -0.460 e. The number of fused-ring (bicyclic) bond motifs is 3. The molecule has 1 saturated carbocycles. The van der Waals surface area contributed by atoms with Gasteiger partial charge in [0.1, 0.15) is 36.2 Å². The highest BCUT2D eigenvalue weighted by atomic mass is 16.6. The van der Waals surface area contributed by atoms with Gasteiger partial charge in [0.15, 0.2) is 11.6 Å². The second kappa shape index (κ2) is 24.9. The van der Waals surface area contributed by atoms with E-state index in [0.717, 1.165) is 5.57 Å². The predicted molar refractivity (Wildman–Crippen MR) is 244 cm³/mol. The summed E-state index contributed by atoms with van der Waals surface area (Å²) in [4.78, 5) is 84.2. The number of hydrogen-bond acceptors (Lipinski definition) is 13. The maximum Gasteiger partial charge on any atom is 0.329 e. The summed E-state index contributed by atoms with van der Waals surface area (Å²) in [5, 5.41) is 23.3. The second-order valence-corrected chi connectivity index (χ2v) is 19.4. The third-order valence-electron chi connectivity index (χ3n) is 14.3. The van der Waals surface area contributed by atoms with Crippen molar-refractivity contribution < 1.29 is 62.7 Å². The Balaban J connectivity index is 1.70. The van der Waals surface area contributed by atoms with Gasteiger partial charge in [-0.1, -0.05) is 71.1 Å². The van der Waals surface area contributed by atoms with Crippen LogP contribution in [0.2, 0.25) is 0 Å². The first kappa shape index (κ1) is 54.0. The van der Waals surface area contributed by atoms with Crippen LogP contribution in [0, 0.1) is 35.5 Å². The summed E-state index contributed by atoms with van der Waals surface area (Å²) in [6, 6.07) is -1.15. The number of hydrogen-bond donors (Lipinski definition) is 2. The number of ether oxygens (including phenoxy) is 5. The molecule has 14 heteroatoms. The van der Waals surface area contributed by atoms with Crippen molar-refractivity contribution >= 4 is 35.0 Å². The summed E-state index contributed by atoms with van der Waals surface area (Å²) in [6.07, 6.45) is 11.0. The topological polar surface area (TPSA) is 192 Å². The molecule has 14 atom stereocenters. The first-order chi connectivity index (χ1) is 30.7. The summed E-state index contributed by atoms with van der Waals surface area (Å²) < 4.78 is 29.2. The zero-order valence-electron chi connectivity index (χ0n) is 40.5. The van der Waals surface area contributed by atoms with Crippen molar-refractivity contribution in [2.24, 2.45) is 35.5 Å². The van der Waals surface area contributed by atoms with E-state index in [1.807, 2.05) is 58.1 Å². The second-order valence-electron chi connectivity index (χ2n) is 19.4. The fourth-order valence-corrected chi connectivity index (χ4v) is 9.95. The highest BCUT2D eigenvalue weighted by molar-refractivity contribution is 6.39. The van der Waals surface area contributed by atoms with E-state index in [0.29, 0.717) is 69.8 Å². The molecule has 14 nitrogen and oxygen atoms in total. The number of methoxy groups -OCH3 is 3. The Morgan fingerprint density at radius 2 is 1.54 bits per heavy atom. The highest BCUT2D eigenvalue weighted by Gasteiger charge is 2.53. The normalized spacial score (nSPS) is 39.3. The number of rotatable bonds is 6. The number of ketones is 4. The number of Topliss-reactive ketones (excluding diaryl/α,β-unsaturated/α-hetero) is 4. The lowest BCUT2D eigenvalue weighted by molar-refractivity contribution is -0.265. The summed E-state index contributed by atoms with van der Waals surface area (Å²) in [7, 11) is 4.45. The third-order valence-corrected chi connectivity index (χ3v) is 14.3. The minimum absolute atomic E-state index is 0.0155. The first-order valence-electron chi connectivity index (χ1n) is 23.8. The molecular formula is C51H77NO13. The summed E-state index contributed by atoms with van der Waals surface area (Å²) in [5.41, 5.74) is 1.25.